The SMILES string of the molecule is CCCCCCC(NC)c1ccccc1OC(F)F. The van der Waals surface area contributed by atoms with E-state index in [1.807, 2.05) is 19.2 Å². The molecule has 1 aromatic rings. The van der Waals surface area contributed by atoms with E-state index in [1.165, 1.54) is 19.3 Å². The average Bonchev–Trinajstić information content (AvgIpc) is 2.39. The Morgan fingerprint density at radius 2 is 1.89 bits per heavy atom. The quantitative estimate of drug-likeness (QED) is 0.667. The van der Waals surface area contributed by atoms with Crippen LogP contribution in [-0.4, -0.2) is 13.7 Å². The third-order valence-electron chi connectivity index (χ3n) is 3.21. The maximum Gasteiger partial charge on any atom is 0.387 e. The normalized spacial score (nSPS) is 12.7. The van der Waals surface area contributed by atoms with Gasteiger partial charge >= 0.3 is 6.61 Å². The number of rotatable bonds is 9. The van der Waals surface area contributed by atoms with Gasteiger partial charge in [-0.2, -0.15) is 8.78 Å². The summed E-state index contributed by atoms with van der Waals surface area (Å²) in [5, 5.41) is 3.18. The minimum Gasteiger partial charge on any atom is -0.434 e. The summed E-state index contributed by atoms with van der Waals surface area (Å²) in [5.74, 6) is 0.271. The van der Waals surface area contributed by atoms with Crippen LogP contribution in [0.25, 0.3) is 0 Å². The summed E-state index contributed by atoms with van der Waals surface area (Å²) in [7, 11) is 1.85. The predicted octanol–water partition coefficient (Wildman–Crippen LogP) is 4.52. The first-order valence-corrected chi connectivity index (χ1v) is 6.90. The maximum absolute atomic E-state index is 12.4. The second-order valence-electron chi connectivity index (χ2n) is 4.61. The number of unbranched alkanes of at least 4 members (excludes halogenated alkanes) is 3. The lowest BCUT2D eigenvalue weighted by atomic mass is 9.99. The molecule has 0 heterocycles. The molecule has 4 heteroatoms. The van der Waals surface area contributed by atoms with Gasteiger partial charge in [0.05, 0.1) is 0 Å². The summed E-state index contributed by atoms with van der Waals surface area (Å²) in [6.45, 7) is -0.611. The molecule has 1 aromatic carbocycles. The van der Waals surface area contributed by atoms with E-state index in [0.29, 0.717) is 0 Å². The summed E-state index contributed by atoms with van der Waals surface area (Å²) < 4.78 is 29.3. The van der Waals surface area contributed by atoms with Crippen LogP contribution in [0.3, 0.4) is 0 Å². The smallest absolute Gasteiger partial charge is 0.387 e. The Kier molecular flexibility index (Phi) is 7.41. The van der Waals surface area contributed by atoms with Crippen LogP contribution in [0.5, 0.6) is 5.75 Å². The van der Waals surface area contributed by atoms with E-state index in [-0.39, 0.29) is 11.8 Å². The average molecular weight is 271 g/mol. The highest BCUT2D eigenvalue weighted by molar-refractivity contribution is 5.35. The Labute approximate surface area is 114 Å². The zero-order valence-electron chi connectivity index (χ0n) is 11.7. The summed E-state index contributed by atoms with van der Waals surface area (Å²) in [5.41, 5.74) is 0.807. The molecule has 0 aliphatic heterocycles. The van der Waals surface area contributed by atoms with Crippen molar-refractivity contribution in [2.45, 2.75) is 51.7 Å². The highest BCUT2D eigenvalue weighted by atomic mass is 19.3. The van der Waals surface area contributed by atoms with Gasteiger partial charge in [-0.05, 0) is 19.5 Å². The minimum absolute atomic E-state index is 0.0619. The summed E-state index contributed by atoms with van der Waals surface area (Å²) in [6, 6.07) is 7.07. The lowest BCUT2D eigenvalue weighted by Gasteiger charge is -2.20. The molecular formula is C15H23F2NO. The van der Waals surface area contributed by atoms with Crippen molar-refractivity contribution >= 4 is 0 Å². The first kappa shape index (κ1) is 15.9. The maximum atomic E-state index is 12.4. The zero-order chi connectivity index (χ0) is 14.1. The monoisotopic (exact) mass is 271 g/mol. The van der Waals surface area contributed by atoms with Crippen LogP contribution in [0.1, 0.15) is 50.6 Å². The summed E-state index contributed by atoms with van der Waals surface area (Å²) >= 11 is 0. The predicted molar refractivity (Wildman–Crippen MR) is 73.6 cm³/mol. The van der Waals surface area contributed by atoms with Gasteiger partial charge in [0.1, 0.15) is 5.75 Å². The van der Waals surface area contributed by atoms with Gasteiger partial charge in [0.25, 0.3) is 0 Å². The first-order valence-electron chi connectivity index (χ1n) is 6.90. The third kappa shape index (κ3) is 5.55. The molecule has 1 N–H and O–H groups in total. The number of para-hydroxylation sites is 1. The molecule has 0 bridgehead atoms. The van der Waals surface area contributed by atoms with Gasteiger partial charge < -0.3 is 10.1 Å². The van der Waals surface area contributed by atoms with Crippen molar-refractivity contribution in [2.75, 3.05) is 7.05 Å². The van der Waals surface area contributed by atoms with E-state index in [4.69, 9.17) is 0 Å². The van der Waals surface area contributed by atoms with Gasteiger partial charge in [-0.1, -0.05) is 50.8 Å². The van der Waals surface area contributed by atoms with Crippen LogP contribution in [0.4, 0.5) is 8.78 Å². The first-order chi connectivity index (χ1) is 9.19. The summed E-state index contributed by atoms with van der Waals surface area (Å²) in [6.07, 6.45) is 5.59. The highest BCUT2D eigenvalue weighted by Gasteiger charge is 2.16. The minimum atomic E-state index is -2.78. The van der Waals surface area contributed by atoms with E-state index in [2.05, 4.69) is 17.0 Å². The molecule has 0 aliphatic carbocycles. The molecule has 1 rings (SSSR count). The van der Waals surface area contributed by atoms with Crippen molar-refractivity contribution in [3.8, 4) is 5.75 Å². The number of ether oxygens (including phenoxy) is 1. The number of benzene rings is 1. The number of halogens is 2. The van der Waals surface area contributed by atoms with Crippen LogP contribution < -0.4 is 10.1 Å². The fourth-order valence-electron chi connectivity index (χ4n) is 2.20. The van der Waals surface area contributed by atoms with Gasteiger partial charge in [-0.3, -0.25) is 0 Å². The Bertz CT molecular complexity index is 358. The molecule has 1 unspecified atom stereocenters. The van der Waals surface area contributed by atoms with Crippen molar-refractivity contribution in [3.05, 3.63) is 29.8 Å². The van der Waals surface area contributed by atoms with E-state index in [9.17, 15) is 8.78 Å². The van der Waals surface area contributed by atoms with Crippen LogP contribution in [0, 0.1) is 0 Å². The number of alkyl halides is 2. The van der Waals surface area contributed by atoms with Crippen molar-refractivity contribution in [2.24, 2.45) is 0 Å². The molecule has 0 aliphatic rings. The van der Waals surface area contributed by atoms with E-state index in [1.54, 1.807) is 12.1 Å². The molecule has 0 fully saturated rings. The van der Waals surface area contributed by atoms with Crippen LogP contribution in [0.15, 0.2) is 24.3 Å². The standard InChI is InChI=1S/C15H23F2NO/c1-3-4-5-6-10-13(18-2)12-9-7-8-11-14(12)19-15(16)17/h7-9,11,13,15,18H,3-6,10H2,1-2H3. The fourth-order valence-corrected chi connectivity index (χ4v) is 2.20. The number of hydrogen-bond donors (Lipinski definition) is 1. The van der Waals surface area contributed by atoms with Gasteiger partial charge in [-0.15, -0.1) is 0 Å². The molecule has 0 amide bonds. The second-order valence-corrected chi connectivity index (χ2v) is 4.61. The lowest BCUT2D eigenvalue weighted by molar-refractivity contribution is -0.0507. The van der Waals surface area contributed by atoms with E-state index in [0.717, 1.165) is 18.4 Å². The Morgan fingerprint density at radius 3 is 2.53 bits per heavy atom. The molecule has 0 saturated carbocycles. The lowest BCUT2D eigenvalue weighted by Crippen LogP contribution is -2.18. The molecule has 1 atom stereocenters. The van der Waals surface area contributed by atoms with Crippen LogP contribution in [-0.2, 0) is 0 Å². The van der Waals surface area contributed by atoms with Gasteiger partial charge in [-0.25, -0.2) is 0 Å². The van der Waals surface area contributed by atoms with E-state index >= 15 is 0 Å². The highest BCUT2D eigenvalue weighted by Crippen LogP contribution is 2.29. The number of nitrogens with one attached hydrogen (secondary N) is 1. The fraction of sp³-hybridized carbons (Fsp3) is 0.600. The Hall–Kier alpha value is -1.16. The van der Waals surface area contributed by atoms with Crippen molar-refractivity contribution < 1.29 is 13.5 Å². The molecule has 0 saturated heterocycles. The van der Waals surface area contributed by atoms with Crippen molar-refractivity contribution in [1.82, 2.24) is 5.32 Å². The van der Waals surface area contributed by atoms with Crippen molar-refractivity contribution in [3.63, 3.8) is 0 Å². The summed E-state index contributed by atoms with van der Waals surface area (Å²) in [4.78, 5) is 0. The van der Waals surface area contributed by atoms with Gasteiger partial charge in [0.15, 0.2) is 0 Å². The van der Waals surface area contributed by atoms with Crippen LogP contribution in [0.2, 0.25) is 0 Å². The topological polar surface area (TPSA) is 21.3 Å². The van der Waals surface area contributed by atoms with Crippen LogP contribution >= 0.6 is 0 Å². The molecule has 108 valence electrons. The molecular weight excluding hydrogens is 248 g/mol. The molecule has 0 spiro atoms. The number of hydrogen-bond acceptors (Lipinski definition) is 2. The largest absolute Gasteiger partial charge is 0.434 e. The van der Waals surface area contributed by atoms with E-state index < -0.39 is 6.61 Å². The van der Waals surface area contributed by atoms with Crippen molar-refractivity contribution in [1.29, 1.82) is 0 Å². The van der Waals surface area contributed by atoms with Gasteiger partial charge in [0, 0.05) is 11.6 Å². The van der Waals surface area contributed by atoms with Gasteiger partial charge in [0.2, 0.25) is 0 Å². The molecule has 2 nitrogen and oxygen atoms in total. The molecule has 19 heavy (non-hydrogen) atoms. The Morgan fingerprint density at radius 1 is 1.16 bits per heavy atom. The molecule has 0 aromatic heterocycles. The third-order valence-corrected chi connectivity index (χ3v) is 3.21. The molecule has 0 radical (unpaired) electrons. The second kappa shape index (κ2) is 8.86. The zero-order valence-corrected chi connectivity index (χ0v) is 11.7. The Balaban J connectivity index is 2.68.